The van der Waals surface area contributed by atoms with Crippen LogP contribution in [0.3, 0.4) is 0 Å². The van der Waals surface area contributed by atoms with E-state index < -0.39 is 0 Å². The van der Waals surface area contributed by atoms with Gasteiger partial charge in [0.2, 0.25) is 0 Å². The molecule has 16 heavy (non-hydrogen) atoms. The third-order valence-corrected chi connectivity index (χ3v) is 2.50. The molecule has 0 saturated heterocycles. The monoisotopic (exact) mass is 214 g/mol. The molecule has 0 fully saturated rings. The van der Waals surface area contributed by atoms with E-state index in [9.17, 15) is 0 Å². The molecule has 0 bridgehead atoms. The van der Waals surface area contributed by atoms with Gasteiger partial charge in [-0.25, -0.2) is 4.98 Å². The van der Waals surface area contributed by atoms with Gasteiger partial charge >= 0.3 is 0 Å². The van der Waals surface area contributed by atoms with Gasteiger partial charge in [0.15, 0.2) is 0 Å². The van der Waals surface area contributed by atoms with E-state index in [0.29, 0.717) is 12.2 Å². The van der Waals surface area contributed by atoms with Crippen molar-refractivity contribution in [1.82, 2.24) is 15.0 Å². The van der Waals surface area contributed by atoms with Crippen molar-refractivity contribution in [2.24, 2.45) is 0 Å². The minimum atomic E-state index is 0.506. The molecule has 2 N–H and O–H groups in total. The van der Waals surface area contributed by atoms with E-state index in [1.54, 1.807) is 6.20 Å². The van der Waals surface area contributed by atoms with Crippen molar-refractivity contribution in [2.45, 2.75) is 20.3 Å². The maximum Gasteiger partial charge on any atom is 0.145 e. The summed E-state index contributed by atoms with van der Waals surface area (Å²) in [5, 5.41) is 0. The smallest absolute Gasteiger partial charge is 0.145 e. The Morgan fingerprint density at radius 3 is 2.62 bits per heavy atom. The maximum absolute atomic E-state index is 5.84. The predicted molar refractivity (Wildman–Crippen MR) is 63.0 cm³/mol. The van der Waals surface area contributed by atoms with Crippen LogP contribution >= 0.6 is 0 Å². The first-order valence-corrected chi connectivity index (χ1v) is 5.15. The number of anilines is 1. The molecule has 2 aromatic rings. The average molecular weight is 214 g/mol. The lowest BCUT2D eigenvalue weighted by Crippen LogP contribution is -2.06. The van der Waals surface area contributed by atoms with Crippen molar-refractivity contribution < 1.29 is 0 Å². The lowest BCUT2D eigenvalue weighted by atomic mass is 10.1. The average Bonchev–Trinajstić information content (AvgIpc) is 2.27. The summed E-state index contributed by atoms with van der Waals surface area (Å²) in [4.78, 5) is 12.8. The first kappa shape index (κ1) is 10.5. The Bertz CT molecular complexity index is 494. The number of aromatic nitrogens is 3. The molecule has 0 spiro atoms. The first-order chi connectivity index (χ1) is 7.66. The third kappa shape index (κ3) is 2.16. The van der Waals surface area contributed by atoms with Gasteiger partial charge in [-0.2, -0.15) is 0 Å². The van der Waals surface area contributed by atoms with Gasteiger partial charge in [0, 0.05) is 18.8 Å². The Hall–Kier alpha value is -1.97. The second kappa shape index (κ2) is 4.26. The Morgan fingerprint density at radius 2 is 1.94 bits per heavy atom. The number of hydrogen-bond donors (Lipinski definition) is 1. The van der Waals surface area contributed by atoms with Gasteiger partial charge < -0.3 is 5.73 Å². The highest BCUT2D eigenvalue weighted by Gasteiger charge is 2.06. The van der Waals surface area contributed by atoms with Gasteiger partial charge in [-0.05, 0) is 25.5 Å². The molecule has 0 aromatic carbocycles. The first-order valence-electron chi connectivity index (χ1n) is 5.15. The number of nitrogen functional groups attached to an aromatic ring is 1. The van der Waals surface area contributed by atoms with Crippen molar-refractivity contribution in [3.63, 3.8) is 0 Å². The zero-order valence-corrected chi connectivity index (χ0v) is 9.44. The van der Waals surface area contributed by atoms with E-state index >= 15 is 0 Å². The van der Waals surface area contributed by atoms with Crippen molar-refractivity contribution in [3.05, 3.63) is 47.2 Å². The number of rotatable bonds is 2. The number of nitrogens with zero attached hydrogens (tertiary/aromatic N) is 3. The number of aryl methyl sites for hydroxylation is 2. The van der Waals surface area contributed by atoms with Crippen LogP contribution in [-0.4, -0.2) is 15.0 Å². The van der Waals surface area contributed by atoms with Crippen molar-refractivity contribution >= 4 is 5.82 Å². The largest absolute Gasteiger partial charge is 0.382 e. The van der Waals surface area contributed by atoms with Crippen LogP contribution in [0.2, 0.25) is 0 Å². The fourth-order valence-corrected chi connectivity index (χ4v) is 1.49. The third-order valence-electron chi connectivity index (χ3n) is 2.50. The lowest BCUT2D eigenvalue weighted by Gasteiger charge is -2.07. The normalized spacial score (nSPS) is 10.4. The van der Waals surface area contributed by atoms with Crippen LogP contribution in [0.25, 0.3) is 0 Å². The highest BCUT2D eigenvalue weighted by atomic mass is 14.9. The maximum atomic E-state index is 5.84. The summed E-state index contributed by atoms with van der Waals surface area (Å²) in [5.74, 6) is 0.506. The number of pyridine rings is 1. The molecule has 4 heteroatoms. The van der Waals surface area contributed by atoms with E-state index in [1.807, 2.05) is 32.2 Å². The fraction of sp³-hybridized carbons (Fsp3) is 0.250. The molecule has 0 unspecified atom stereocenters. The number of hydrogen-bond acceptors (Lipinski definition) is 4. The van der Waals surface area contributed by atoms with Crippen molar-refractivity contribution in [3.8, 4) is 0 Å². The second-order valence-corrected chi connectivity index (χ2v) is 3.76. The van der Waals surface area contributed by atoms with Gasteiger partial charge in [0.05, 0.1) is 17.1 Å². The molecule has 0 aliphatic rings. The summed E-state index contributed by atoms with van der Waals surface area (Å²) in [6, 6.07) is 3.91. The Morgan fingerprint density at radius 1 is 1.19 bits per heavy atom. The molecule has 0 radical (unpaired) electrons. The summed E-state index contributed by atoms with van der Waals surface area (Å²) in [6.45, 7) is 3.85. The van der Waals surface area contributed by atoms with Crippen LogP contribution in [-0.2, 0) is 6.42 Å². The van der Waals surface area contributed by atoms with E-state index in [1.165, 1.54) is 0 Å². The minimum absolute atomic E-state index is 0.506. The molecule has 2 aromatic heterocycles. The van der Waals surface area contributed by atoms with E-state index in [4.69, 9.17) is 5.73 Å². The standard InChI is InChI=1S/C12H14N4/c1-8-9(2)16-12(13)11(15-8)6-10-4-3-5-14-7-10/h3-5,7H,6H2,1-2H3,(H2,13,16). The molecular weight excluding hydrogens is 200 g/mol. The molecular formula is C12H14N4. The van der Waals surface area contributed by atoms with Crippen LogP contribution in [0.15, 0.2) is 24.5 Å². The molecule has 0 atom stereocenters. The quantitative estimate of drug-likeness (QED) is 0.825. The highest BCUT2D eigenvalue weighted by Crippen LogP contribution is 2.13. The van der Waals surface area contributed by atoms with Crippen LogP contribution in [0.4, 0.5) is 5.82 Å². The molecule has 2 heterocycles. The highest BCUT2D eigenvalue weighted by molar-refractivity contribution is 5.39. The van der Waals surface area contributed by atoms with E-state index in [0.717, 1.165) is 22.6 Å². The topological polar surface area (TPSA) is 64.7 Å². The second-order valence-electron chi connectivity index (χ2n) is 3.76. The number of nitrogens with two attached hydrogens (primary N) is 1. The van der Waals surface area contributed by atoms with Crippen LogP contribution in [0.1, 0.15) is 22.6 Å². The predicted octanol–water partition coefficient (Wildman–Crippen LogP) is 1.66. The van der Waals surface area contributed by atoms with Gasteiger partial charge in [0.1, 0.15) is 5.82 Å². The molecule has 82 valence electrons. The van der Waals surface area contributed by atoms with E-state index in [2.05, 4.69) is 15.0 Å². The van der Waals surface area contributed by atoms with Crippen LogP contribution in [0, 0.1) is 13.8 Å². The fourth-order valence-electron chi connectivity index (χ4n) is 1.49. The lowest BCUT2D eigenvalue weighted by molar-refractivity contribution is 0.965. The van der Waals surface area contributed by atoms with Crippen LogP contribution in [0.5, 0.6) is 0 Å². The minimum Gasteiger partial charge on any atom is -0.382 e. The van der Waals surface area contributed by atoms with Crippen molar-refractivity contribution in [2.75, 3.05) is 5.73 Å². The van der Waals surface area contributed by atoms with Gasteiger partial charge in [0.25, 0.3) is 0 Å². The van der Waals surface area contributed by atoms with Gasteiger partial charge in [-0.3, -0.25) is 9.97 Å². The summed E-state index contributed by atoms with van der Waals surface area (Å²) in [7, 11) is 0. The van der Waals surface area contributed by atoms with Gasteiger partial charge in [-0.1, -0.05) is 6.07 Å². The summed E-state index contributed by atoms with van der Waals surface area (Å²) < 4.78 is 0. The Kier molecular flexibility index (Phi) is 2.81. The summed E-state index contributed by atoms with van der Waals surface area (Å²) >= 11 is 0. The molecule has 0 aliphatic heterocycles. The zero-order valence-electron chi connectivity index (χ0n) is 9.44. The molecule has 0 aliphatic carbocycles. The summed E-state index contributed by atoms with van der Waals surface area (Å²) in [6.07, 6.45) is 4.24. The van der Waals surface area contributed by atoms with Crippen LogP contribution < -0.4 is 5.73 Å². The Labute approximate surface area is 94.6 Å². The summed E-state index contributed by atoms with van der Waals surface area (Å²) in [5.41, 5.74) is 9.56. The molecule has 4 nitrogen and oxygen atoms in total. The Balaban J connectivity index is 2.32. The molecule has 0 amide bonds. The van der Waals surface area contributed by atoms with E-state index in [-0.39, 0.29) is 0 Å². The molecule has 2 rings (SSSR count). The van der Waals surface area contributed by atoms with Gasteiger partial charge in [-0.15, -0.1) is 0 Å². The zero-order chi connectivity index (χ0) is 11.5. The van der Waals surface area contributed by atoms with Crippen molar-refractivity contribution in [1.29, 1.82) is 0 Å². The SMILES string of the molecule is Cc1nc(N)c(Cc2cccnc2)nc1C. The molecule has 0 saturated carbocycles.